The number of carbonyl (C=O) groups is 3. The van der Waals surface area contributed by atoms with Crippen LogP contribution < -0.4 is 10.6 Å². The lowest BCUT2D eigenvalue weighted by Crippen LogP contribution is -2.49. The maximum atomic E-state index is 12.7. The van der Waals surface area contributed by atoms with Crippen LogP contribution in [0.2, 0.25) is 0 Å². The molecule has 0 heterocycles. The van der Waals surface area contributed by atoms with Crippen LogP contribution in [0.3, 0.4) is 0 Å². The molecule has 3 N–H and O–H groups in total. The second-order valence-electron chi connectivity index (χ2n) is 8.61. The Morgan fingerprint density at radius 2 is 1.70 bits per heavy atom. The molecule has 33 heavy (non-hydrogen) atoms. The van der Waals surface area contributed by atoms with Gasteiger partial charge in [-0.2, -0.15) is 11.8 Å². The van der Waals surface area contributed by atoms with E-state index in [2.05, 4.69) is 22.8 Å². The van der Waals surface area contributed by atoms with Gasteiger partial charge < -0.3 is 20.5 Å². The third kappa shape index (κ3) is 5.00. The zero-order chi connectivity index (χ0) is 23.4. The first-order valence-corrected chi connectivity index (χ1v) is 12.5. The van der Waals surface area contributed by atoms with Gasteiger partial charge in [0.05, 0.1) is 5.41 Å². The Bertz CT molecular complexity index is 1010. The SMILES string of the molecule is CSCC[C@@H](NC(=O)OCC1c2ccccc2-c2ccccc21)C(=O)NCC1(C(=O)O)CC1. The topological polar surface area (TPSA) is 105 Å². The molecular formula is C25H28N2O5S. The number of carboxylic acids is 1. The molecule has 2 aliphatic rings. The van der Waals surface area contributed by atoms with Gasteiger partial charge in [0.25, 0.3) is 0 Å². The number of benzene rings is 2. The smallest absolute Gasteiger partial charge is 0.407 e. The molecule has 4 rings (SSSR count). The minimum atomic E-state index is -0.895. The van der Waals surface area contributed by atoms with Crippen molar-refractivity contribution < 1.29 is 24.2 Å². The summed E-state index contributed by atoms with van der Waals surface area (Å²) in [5.74, 6) is -0.670. The lowest BCUT2D eigenvalue weighted by Gasteiger charge is -2.20. The third-order valence-corrected chi connectivity index (χ3v) is 7.12. The molecule has 1 saturated carbocycles. The van der Waals surface area contributed by atoms with E-state index in [1.165, 1.54) is 0 Å². The van der Waals surface area contributed by atoms with Crippen LogP contribution in [0.25, 0.3) is 11.1 Å². The van der Waals surface area contributed by atoms with Crippen molar-refractivity contribution in [1.29, 1.82) is 0 Å². The maximum Gasteiger partial charge on any atom is 0.407 e. The minimum absolute atomic E-state index is 0.0630. The first-order valence-electron chi connectivity index (χ1n) is 11.1. The number of aliphatic carboxylic acids is 1. The highest BCUT2D eigenvalue weighted by molar-refractivity contribution is 7.98. The lowest BCUT2D eigenvalue weighted by atomic mass is 9.98. The van der Waals surface area contributed by atoms with Crippen LogP contribution in [0, 0.1) is 5.41 Å². The van der Waals surface area contributed by atoms with Crippen LogP contribution in [0.5, 0.6) is 0 Å². The number of nitrogens with one attached hydrogen (secondary N) is 2. The van der Waals surface area contributed by atoms with Gasteiger partial charge in [0.15, 0.2) is 0 Å². The number of amides is 2. The maximum absolute atomic E-state index is 12.7. The highest BCUT2D eigenvalue weighted by atomic mass is 32.2. The van der Waals surface area contributed by atoms with E-state index in [0.717, 1.165) is 22.3 Å². The molecule has 0 spiro atoms. The van der Waals surface area contributed by atoms with Gasteiger partial charge in [0.2, 0.25) is 5.91 Å². The van der Waals surface area contributed by atoms with Gasteiger partial charge in [-0.3, -0.25) is 9.59 Å². The Labute approximate surface area is 197 Å². The second kappa shape index (κ2) is 9.87. The summed E-state index contributed by atoms with van der Waals surface area (Å²) in [6, 6.07) is 15.4. The fourth-order valence-electron chi connectivity index (χ4n) is 4.28. The Morgan fingerprint density at radius 3 is 2.24 bits per heavy atom. The summed E-state index contributed by atoms with van der Waals surface area (Å²) in [6.07, 6.45) is 2.80. The molecule has 2 aliphatic carbocycles. The van der Waals surface area contributed by atoms with Crippen molar-refractivity contribution in [2.24, 2.45) is 5.41 Å². The van der Waals surface area contributed by atoms with E-state index < -0.39 is 23.5 Å². The number of hydrogen-bond donors (Lipinski definition) is 3. The summed E-state index contributed by atoms with van der Waals surface area (Å²) < 4.78 is 5.57. The van der Waals surface area contributed by atoms with Crippen molar-refractivity contribution in [3.05, 3.63) is 59.7 Å². The zero-order valence-electron chi connectivity index (χ0n) is 18.5. The van der Waals surface area contributed by atoms with E-state index in [9.17, 15) is 19.5 Å². The van der Waals surface area contributed by atoms with Crippen LogP contribution in [0.4, 0.5) is 4.79 Å². The Morgan fingerprint density at radius 1 is 1.09 bits per heavy atom. The fourth-order valence-corrected chi connectivity index (χ4v) is 4.75. The van der Waals surface area contributed by atoms with E-state index in [1.54, 1.807) is 11.8 Å². The van der Waals surface area contributed by atoms with E-state index in [-0.39, 0.29) is 25.0 Å². The van der Waals surface area contributed by atoms with E-state index in [0.29, 0.717) is 25.0 Å². The summed E-state index contributed by atoms with van der Waals surface area (Å²) in [6.45, 7) is 0.238. The van der Waals surface area contributed by atoms with E-state index in [1.807, 2.05) is 42.7 Å². The summed E-state index contributed by atoms with van der Waals surface area (Å²) in [4.78, 5) is 36.7. The van der Waals surface area contributed by atoms with Crippen LogP contribution in [-0.2, 0) is 14.3 Å². The second-order valence-corrected chi connectivity index (χ2v) is 9.59. The highest BCUT2D eigenvalue weighted by Gasteiger charge is 2.50. The van der Waals surface area contributed by atoms with Crippen molar-refractivity contribution >= 4 is 29.7 Å². The molecule has 2 aromatic carbocycles. The number of fused-ring (bicyclic) bond motifs is 3. The molecule has 1 fully saturated rings. The summed E-state index contributed by atoms with van der Waals surface area (Å²) >= 11 is 1.57. The molecular weight excluding hydrogens is 440 g/mol. The largest absolute Gasteiger partial charge is 0.481 e. The molecule has 174 valence electrons. The fraction of sp³-hybridized carbons (Fsp3) is 0.400. The number of thioether (sulfide) groups is 1. The van der Waals surface area contributed by atoms with Gasteiger partial charge in [0.1, 0.15) is 12.6 Å². The molecule has 0 radical (unpaired) electrons. The van der Waals surface area contributed by atoms with E-state index in [4.69, 9.17) is 4.74 Å². The molecule has 2 amide bonds. The van der Waals surface area contributed by atoms with Gasteiger partial charge in [-0.25, -0.2) is 4.79 Å². The van der Waals surface area contributed by atoms with Gasteiger partial charge in [-0.1, -0.05) is 48.5 Å². The van der Waals surface area contributed by atoms with Crippen molar-refractivity contribution in [2.45, 2.75) is 31.2 Å². The average Bonchev–Trinajstić information content (AvgIpc) is 3.56. The number of ether oxygens (including phenoxy) is 1. The van der Waals surface area contributed by atoms with Gasteiger partial charge >= 0.3 is 12.1 Å². The number of carbonyl (C=O) groups excluding carboxylic acids is 2. The van der Waals surface area contributed by atoms with Crippen LogP contribution in [0.1, 0.15) is 36.3 Å². The summed E-state index contributed by atoms with van der Waals surface area (Å²) in [5, 5.41) is 14.7. The number of carboxylic acid groups (broad SMARTS) is 1. The van der Waals surface area contributed by atoms with Gasteiger partial charge in [0, 0.05) is 12.5 Å². The lowest BCUT2D eigenvalue weighted by molar-refractivity contribution is -0.143. The Hall–Kier alpha value is -3.00. The van der Waals surface area contributed by atoms with Crippen LogP contribution in [0.15, 0.2) is 48.5 Å². The van der Waals surface area contributed by atoms with E-state index >= 15 is 0 Å². The quantitative estimate of drug-likeness (QED) is 0.492. The molecule has 0 bridgehead atoms. The summed E-state index contributed by atoms with van der Waals surface area (Å²) in [5.41, 5.74) is 3.67. The molecule has 0 saturated heterocycles. The predicted octanol–water partition coefficient (Wildman–Crippen LogP) is 3.63. The molecule has 8 heteroatoms. The normalized spacial score (nSPS) is 16.3. The zero-order valence-corrected chi connectivity index (χ0v) is 19.3. The van der Waals surface area contributed by atoms with Crippen molar-refractivity contribution in [3.8, 4) is 11.1 Å². The number of alkyl carbamates (subject to hydrolysis) is 1. The number of hydrogen-bond acceptors (Lipinski definition) is 5. The summed E-state index contributed by atoms with van der Waals surface area (Å²) in [7, 11) is 0. The van der Waals surface area contributed by atoms with Gasteiger partial charge in [-0.15, -0.1) is 0 Å². The van der Waals surface area contributed by atoms with Crippen molar-refractivity contribution in [3.63, 3.8) is 0 Å². The predicted molar refractivity (Wildman–Crippen MR) is 127 cm³/mol. The molecule has 0 unspecified atom stereocenters. The standard InChI is InChI=1S/C25H28N2O5S/c1-33-13-10-21(22(28)26-15-25(11-12-25)23(29)30)27-24(31)32-14-20-18-8-4-2-6-16(18)17-7-3-5-9-19(17)20/h2-9,20-21H,10-15H2,1H3,(H,26,28)(H,27,31)(H,29,30)/t21-/m1/s1. The van der Waals surface area contributed by atoms with Crippen molar-refractivity contribution in [1.82, 2.24) is 10.6 Å². The molecule has 0 aliphatic heterocycles. The van der Waals surface area contributed by atoms with Crippen LogP contribution in [-0.4, -0.2) is 54.3 Å². The van der Waals surface area contributed by atoms with Crippen LogP contribution >= 0.6 is 11.8 Å². The minimum Gasteiger partial charge on any atom is -0.481 e. The first kappa shape index (κ1) is 23.2. The molecule has 0 aromatic heterocycles. The Kier molecular flexibility index (Phi) is 6.93. The highest BCUT2D eigenvalue weighted by Crippen LogP contribution is 2.45. The number of rotatable bonds is 10. The Balaban J connectivity index is 1.37. The molecule has 7 nitrogen and oxygen atoms in total. The monoisotopic (exact) mass is 468 g/mol. The molecule has 2 aromatic rings. The average molecular weight is 469 g/mol. The van der Waals surface area contributed by atoms with Crippen molar-refractivity contribution in [2.75, 3.05) is 25.2 Å². The molecule has 1 atom stereocenters. The first-order chi connectivity index (χ1) is 15.9. The third-order valence-electron chi connectivity index (χ3n) is 6.47. The van der Waals surface area contributed by atoms with Gasteiger partial charge in [-0.05, 0) is 53.5 Å².